The highest BCUT2D eigenvalue weighted by Crippen LogP contribution is 2.38. The molecule has 2 fully saturated rings. The molecule has 192 valence electrons. The van der Waals surface area contributed by atoms with Gasteiger partial charge in [0, 0.05) is 30.3 Å². The van der Waals surface area contributed by atoms with Crippen LogP contribution >= 0.6 is 0 Å². The van der Waals surface area contributed by atoms with Crippen molar-refractivity contribution in [2.75, 3.05) is 53.6 Å². The minimum absolute atomic E-state index is 0.00970. The minimum Gasteiger partial charge on any atom is -0.496 e. The maximum absolute atomic E-state index is 13.1. The van der Waals surface area contributed by atoms with Gasteiger partial charge >= 0.3 is 0 Å². The van der Waals surface area contributed by atoms with Gasteiger partial charge in [0.25, 0.3) is 11.8 Å². The average Bonchev–Trinajstić information content (AvgIpc) is 2.93. The van der Waals surface area contributed by atoms with Crippen LogP contribution in [0.15, 0.2) is 36.4 Å². The average molecular weight is 492 g/mol. The van der Waals surface area contributed by atoms with Gasteiger partial charge in [-0.15, -0.1) is 0 Å². The Labute approximate surface area is 213 Å². The molecule has 1 aliphatic carbocycles. The zero-order chi connectivity index (χ0) is 25.1. The molecule has 2 aromatic rings. The van der Waals surface area contributed by atoms with Crippen LogP contribution in [0.5, 0.6) is 5.75 Å². The van der Waals surface area contributed by atoms with Crippen molar-refractivity contribution in [2.24, 2.45) is 0 Å². The fraction of sp³-hybridized carbons (Fsp3) is 0.517. The van der Waals surface area contributed by atoms with E-state index in [2.05, 4.69) is 29.4 Å². The molecule has 5 rings (SSSR count). The molecule has 0 radical (unpaired) electrons. The first-order chi connectivity index (χ1) is 17.5. The standard InChI is InChI=1S/C29H37N3O4/c1-31-13-11-20(12-14-31)24-9-10-27(35-2)25-8-7-23(19-26(24)25)30-28(33)21-3-5-22(6-4-21)29(34)32-15-17-36-18-16-32/h3-6,9-10,20,23H,7-8,11-19H2,1-2H3,(H,30,33)/t23-/m1/s1. The summed E-state index contributed by atoms with van der Waals surface area (Å²) in [5, 5.41) is 3.26. The van der Waals surface area contributed by atoms with Crippen molar-refractivity contribution in [3.05, 3.63) is 64.2 Å². The molecular formula is C29H37N3O4. The number of likely N-dealkylation sites (tertiary alicyclic amines) is 1. The number of nitrogens with zero attached hydrogens (tertiary/aromatic N) is 2. The number of ether oxygens (including phenoxy) is 2. The van der Waals surface area contributed by atoms with Gasteiger partial charge in [-0.25, -0.2) is 0 Å². The van der Waals surface area contributed by atoms with E-state index in [4.69, 9.17) is 9.47 Å². The second kappa shape index (κ2) is 11.0. The number of nitrogens with one attached hydrogen (secondary N) is 1. The molecule has 7 nitrogen and oxygen atoms in total. The van der Waals surface area contributed by atoms with Gasteiger partial charge in [0.2, 0.25) is 0 Å². The molecule has 3 aliphatic rings. The molecule has 2 aliphatic heterocycles. The van der Waals surface area contributed by atoms with Crippen LogP contribution in [0.25, 0.3) is 0 Å². The van der Waals surface area contributed by atoms with E-state index in [0.717, 1.165) is 38.1 Å². The van der Waals surface area contributed by atoms with Crippen LogP contribution in [0, 0.1) is 0 Å². The van der Waals surface area contributed by atoms with Crippen LogP contribution in [-0.4, -0.2) is 81.2 Å². The van der Waals surface area contributed by atoms with E-state index in [1.54, 1.807) is 36.3 Å². The van der Waals surface area contributed by atoms with Crippen molar-refractivity contribution < 1.29 is 19.1 Å². The molecule has 2 amide bonds. The summed E-state index contributed by atoms with van der Waals surface area (Å²) < 4.78 is 11.0. The molecule has 0 bridgehead atoms. The zero-order valence-corrected chi connectivity index (χ0v) is 21.4. The van der Waals surface area contributed by atoms with Crippen LogP contribution in [0.1, 0.15) is 62.6 Å². The van der Waals surface area contributed by atoms with E-state index in [1.807, 2.05) is 0 Å². The van der Waals surface area contributed by atoms with Gasteiger partial charge in [-0.05, 0) is 105 Å². The van der Waals surface area contributed by atoms with Crippen LogP contribution < -0.4 is 10.1 Å². The molecular weight excluding hydrogens is 454 g/mol. The number of amides is 2. The number of morpholine rings is 1. The monoisotopic (exact) mass is 491 g/mol. The lowest BCUT2D eigenvalue weighted by Gasteiger charge is -2.34. The number of benzene rings is 2. The highest BCUT2D eigenvalue weighted by Gasteiger charge is 2.29. The van der Waals surface area contributed by atoms with Crippen LogP contribution in [0.2, 0.25) is 0 Å². The summed E-state index contributed by atoms with van der Waals surface area (Å²) in [7, 11) is 3.93. The van der Waals surface area contributed by atoms with E-state index >= 15 is 0 Å². The van der Waals surface area contributed by atoms with Crippen LogP contribution in [-0.2, 0) is 17.6 Å². The number of rotatable bonds is 5. The fourth-order valence-electron chi connectivity index (χ4n) is 5.87. The number of carbonyl (C=O) groups is 2. The van der Waals surface area contributed by atoms with Gasteiger partial charge in [-0.2, -0.15) is 0 Å². The van der Waals surface area contributed by atoms with Crippen molar-refractivity contribution >= 4 is 11.8 Å². The number of piperidine rings is 1. The van der Waals surface area contributed by atoms with Gasteiger partial charge in [0.05, 0.1) is 20.3 Å². The summed E-state index contributed by atoms with van der Waals surface area (Å²) in [6.07, 6.45) is 4.95. The third-order valence-corrected chi connectivity index (χ3v) is 8.02. The maximum Gasteiger partial charge on any atom is 0.254 e. The SMILES string of the molecule is COc1ccc(C2CCN(C)CC2)c2c1CC[C@@H](NC(=O)c1ccc(C(=O)N3CCOCC3)cc1)C2. The molecule has 36 heavy (non-hydrogen) atoms. The molecule has 1 atom stereocenters. The lowest BCUT2D eigenvalue weighted by Crippen LogP contribution is -2.41. The second-order valence-electron chi connectivity index (χ2n) is 10.3. The predicted molar refractivity (Wildman–Crippen MR) is 139 cm³/mol. The minimum atomic E-state index is -0.0856. The lowest BCUT2D eigenvalue weighted by atomic mass is 9.78. The number of hydrogen-bond donors (Lipinski definition) is 1. The topological polar surface area (TPSA) is 71.1 Å². The lowest BCUT2D eigenvalue weighted by molar-refractivity contribution is 0.0303. The van der Waals surface area contributed by atoms with Crippen LogP contribution in [0.3, 0.4) is 0 Å². The summed E-state index contributed by atoms with van der Waals surface area (Å²) in [6, 6.07) is 11.5. The Balaban J connectivity index is 1.27. The highest BCUT2D eigenvalue weighted by molar-refractivity contribution is 5.98. The summed E-state index contributed by atoms with van der Waals surface area (Å²) >= 11 is 0. The quantitative estimate of drug-likeness (QED) is 0.695. The molecule has 2 heterocycles. The Morgan fingerprint density at radius 3 is 2.31 bits per heavy atom. The fourth-order valence-corrected chi connectivity index (χ4v) is 5.87. The molecule has 2 saturated heterocycles. The summed E-state index contributed by atoms with van der Waals surface area (Å²) in [4.78, 5) is 30.0. The van der Waals surface area contributed by atoms with E-state index in [1.165, 1.54) is 29.5 Å². The molecule has 2 aromatic carbocycles. The Hall–Kier alpha value is -2.90. The normalized spacial score (nSPS) is 21.1. The van der Waals surface area contributed by atoms with Gasteiger partial charge in [-0.1, -0.05) is 6.07 Å². The summed E-state index contributed by atoms with van der Waals surface area (Å²) in [5.74, 6) is 1.43. The Morgan fingerprint density at radius 2 is 1.61 bits per heavy atom. The molecule has 0 aromatic heterocycles. The molecule has 0 unspecified atom stereocenters. The first kappa shape index (κ1) is 24.8. The maximum atomic E-state index is 13.1. The first-order valence-corrected chi connectivity index (χ1v) is 13.2. The predicted octanol–water partition coefficient (Wildman–Crippen LogP) is 3.26. The van der Waals surface area contributed by atoms with Crippen molar-refractivity contribution in [3.63, 3.8) is 0 Å². The summed E-state index contributed by atoms with van der Waals surface area (Å²) in [5.41, 5.74) is 5.30. The number of methoxy groups -OCH3 is 1. The van der Waals surface area contributed by atoms with E-state index in [9.17, 15) is 9.59 Å². The number of fused-ring (bicyclic) bond motifs is 1. The van der Waals surface area contributed by atoms with Crippen molar-refractivity contribution in [3.8, 4) is 5.75 Å². The largest absolute Gasteiger partial charge is 0.496 e. The van der Waals surface area contributed by atoms with Gasteiger partial charge in [-0.3, -0.25) is 9.59 Å². The van der Waals surface area contributed by atoms with Gasteiger partial charge in [0.1, 0.15) is 5.75 Å². The molecule has 0 spiro atoms. The third-order valence-electron chi connectivity index (χ3n) is 8.02. The number of carbonyl (C=O) groups excluding carboxylic acids is 2. The zero-order valence-electron chi connectivity index (χ0n) is 21.4. The van der Waals surface area contributed by atoms with Crippen LogP contribution in [0.4, 0.5) is 0 Å². The van der Waals surface area contributed by atoms with Crippen molar-refractivity contribution in [2.45, 2.75) is 44.1 Å². The van der Waals surface area contributed by atoms with E-state index in [-0.39, 0.29) is 17.9 Å². The van der Waals surface area contributed by atoms with E-state index < -0.39 is 0 Å². The number of hydrogen-bond acceptors (Lipinski definition) is 5. The van der Waals surface area contributed by atoms with Gasteiger partial charge < -0.3 is 24.6 Å². The Morgan fingerprint density at radius 1 is 0.917 bits per heavy atom. The molecule has 7 heteroatoms. The summed E-state index contributed by atoms with van der Waals surface area (Å²) in [6.45, 7) is 4.60. The smallest absolute Gasteiger partial charge is 0.254 e. The van der Waals surface area contributed by atoms with Crippen molar-refractivity contribution in [1.29, 1.82) is 0 Å². The molecule has 0 saturated carbocycles. The Bertz CT molecular complexity index is 1090. The second-order valence-corrected chi connectivity index (χ2v) is 10.3. The third kappa shape index (κ3) is 5.27. The van der Waals surface area contributed by atoms with E-state index in [0.29, 0.717) is 43.3 Å². The van der Waals surface area contributed by atoms with Gasteiger partial charge in [0.15, 0.2) is 0 Å². The highest BCUT2D eigenvalue weighted by atomic mass is 16.5. The Kier molecular flexibility index (Phi) is 7.58. The van der Waals surface area contributed by atoms with Crippen molar-refractivity contribution in [1.82, 2.24) is 15.1 Å². The first-order valence-electron chi connectivity index (χ1n) is 13.2. The molecule has 1 N–H and O–H groups in total.